The molecule has 0 amide bonds. The van der Waals surface area contributed by atoms with Crippen molar-refractivity contribution in [1.29, 1.82) is 5.26 Å². The second kappa shape index (κ2) is 4.80. The lowest BCUT2D eigenvalue weighted by atomic mass is 10.3. The van der Waals surface area contributed by atoms with Gasteiger partial charge < -0.3 is 10.3 Å². The number of aromatic nitrogens is 3. The molecule has 17 heavy (non-hydrogen) atoms. The number of thiazole rings is 1. The number of hydrogen-bond donors (Lipinski definition) is 1. The largest absolute Gasteiger partial charge is 0.375 e. The smallest absolute Gasteiger partial charge is 0.180 e. The van der Waals surface area contributed by atoms with Crippen molar-refractivity contribution in [2.24, 2.45) is 0 Å². The molecule has 1 unspecified atom stereocenters. The Hall–Kier alpha value is -2.13. The van der Waals surface area contributed by atoms with Crippen molar-refractivity contribution in [1.82, 2.24) is 14.5 Å². The fourth-order valence-electron chi connectivity index (χ4n) is 1.27. The minimum Gasteiger partial charge on any atom is -0.375 e. The van der Waals surface area contributed by atoms with Crippen LogP contribution in [0.15, 0.2) is 17.9 Å². The highest BCUT2D eigenvalue weighted by Gasteiger charge is 2.02. The molecule has 5 nitrogen and oxygen atoms in total. The van der Waals surface area contributed by atoms with Gasteiger partial charge in [0.05, 0.1) is 23.8 Å². The summed E-state index contributed by atoms with van der Waals surface area (Å²) in [5.74, 6) is 0. The quantitative estimate of drug-likeness (QED) is 0.898. The summed E-state index contributed by atoms with van der Waals surface area (Å²) in [7, 11) is 0. The van der Waals surface area contributed by atoms with E-state index in [1.54, 1.807) is 10.9 Å². The zero-order valence-corrected chi connectivity index (χ0v) is 10.1. The third-order valence-corrected chi connectivity index (χ3v) is 2.91. The summed E-state index contributed by atoms with van der Waals surface area (Å²) < 4.78 is 1.76. The van der Waals surface area contributed by atoms with Crippen molar-refractivity contribution in [2.75, 3.05) is 5.73 Å². The van der Waals surface area contributed by atoms with Gasteiger partial charge in [-0.3, -0.25) is 0 Å². The molecule has 2 rings (SSSR count). The van der Waals surface area contributed by atoms with Crippen LogP contribution < -0.4 is 5.73 Å². The van der Waals surface area contributed by atoms with Crippen LogP contribution in [0.4, 0.5) is 5.13 Å². The van der Waals surface area contributed by atoms with Gasteiger partial charge in [-0.2, -0.15) is 5.26 Å². The van der Waals surface area contributed by atoms with Crippen LogP contribution in [-0.4, -0.2) is 14.5 Å². The number of nitriles is 1. The predicted octanol–water partition coefficient (Wildman–Crippen LogP) is 2.18. The van der Waals surface area contributed by atoms with Gasteiger partial charge in [-0.25, -0.2) is 9.97 Å². The van der Waals surface area contributed by atoms with Gasteiger partial charge in [0.2, 0.25) is 0 Å². The Kier molecular flexibility index (Phi) is 3.21. The average molecular weight is 245 g/mol. The zero-order chi connectivity index (χ0) is 12.3. The summed E-state index contributed by atoms with van der Waals surface area (Å²) in [5.41, 5.74) is 7.13. The predicted molar refractivity (Wildman–Crippen MR) is 68.0 cm³/mol. The maximum absolute atomic E-state index is 8.77. The van der Waals surface area contributed by atoms with Crippen molar-refractivity contribution >= 4 is 28.6 Å². The Bertz CT molecular complexity index is 575. The van der Waals surface area contributed by atoms with Crippen LogP contribution in [0.25, 0.3) is 12.2 Å². The highest BCUT2D eigenvalue weighted by molar-refractivity contribution is 7.13. The Morgan fingerprint density at radius 2 is 2.29 bits per heavy atom. The maximum atomic E-state index is 8.77. The highest BCUT2D eigenvalue weighted by Crippen LogP contribution is 2.14. The Morgan fingerprint density at radius 3 is 2.94 bits per heavy atom. The van der Waals surface area contributed by atoms with E-state index in [1.807, 2.05) is 30.7 Å². The second-order valence-electron chi connectivity index (χ2n) is 3.49. The van der Waals surface area contributed by atoms with E-state index in [0.29, 0.717) is 5.13 Å². The Morgan fingerprint density at radius 1 is 1.53 bits per heavy atom. The minimum atomic E-state index is -0.209. The van der Waals surface area contributed by atoms with Gasteiger partial charge in [0.15, 0.2) is 5.13 Å². The van der Waals surface area contributed by atoms with E-state index in [9.17, 15) is 0 Å². The fourth-order valence-corrected chi connectivity index (χ4v) is 1.80. The van der Waals surface area contributed by atoms with Crippen molar-refractivity contribution in [3.8, 4) is 6.07 Å². The molecule has 0 spiro atoms. The van der Waals surface area contributed by atoms with Crippen LogP contribution in [-0.2, 0) is 0 Å². The molecule has 2 N–H and O–H groups in total. The van der Waals surface area contributed by atoms with E-state index in [2.05, 4.69) is 16.0 Å². The van der Waals surface area contributed by atoms with E-state index in [4.69, 9.17) is 11.0 Å². The second-order valence-corrected chi connectivity index (χ2v) is 4.38. The van der Waals surface area contributed by atoms with Crippen molar-refractivity contribution in [2.45, 2.75) is 13.0 Å². The summed E-state index contributed by atoms with van der Waals surface area (Å²) in [6.07, 6.45) is 7.15. The van der Waals surface area contributed by atoms with Gasteiger partial charge in [0.25, 0.3) is 0 Å². The molecule has 0 aliphatic rings. The summed E-state index contributed by atoms with van der Waals surface area (Å²) in [5, 5.41) is 11.2. The topological polar surface area (TPSA) is 80.5 Å². The number of nitrogens with zero attached hydrogens (tertiary/aromatic N) is 4. The van der Waals surface area contributed by atoms with Gasteiger partial charge in [-0.1, -0.05) is 0 Å². The zero-order valence-electron chi connectivity index (χ0n) is 9.24. The van der Waals surface area contributed by atoms with Crippen molar-refractivity contribution in [3.63, 3.8) is 0 Å². The first-order valence-corrected chi connectivity index (χ1v) is 5.89. The molecule has 0 saturated heterocycles. The van der Waals surface area contributed by atoms with Crippen molar-refractivity contribution in [3.05, 3.63) is 29.3 Å². The minimum absolute atomic E-state index is 0.209. The molecular weight excluding hydrogens is 234 g/mol. The molecule has 0 fully saturated rings. The van der Waals surface area contributed by atoms with Crippen LogP contribution in [0.3, 0.4) is 0 Å². The standard InChI is InChI=1S/C11H11N5S/c1-8(4-12)16-5-9(14-7-16)2-3-10-6-17-11(13)15-10/h2-3,5-8H,1H3,(H2,13,15)/b3-2+. The summed E-state index contributed by atoms with van der Waals surface area (Å²) in [6.45, 7) is 1.82. The van der Waals surface area contributed by atoms with Gasteiger partial charge >= 0.3 is 0 Å². The average Bonchev–Trinajstić information content (AvgIpc) is 2.94. The SMILES string of the molecule is CC(C#N)n1cnc(/C=C/c2csc(N)n2)c1. The molecule has 2 heterocycles. The Labute approximate surface area is 103 Å². The third-order valence-electron chi connectivity index (χ3n) is 2.22. The van der Waals surface area contributed by atoms with Gasteiger partial charge in [-0.05, 0) is 19.1 Å². The van der Waals surface area contributed by atoms with Crippen LogP contribution in [0.1, 0.15) is 24.4 Å². The molecule has 2 aromatic heterocycles. The van der Waals surface area contributed by atoms with E-state index < -0.39 is 0 Å². The molecule has 6 heteroatoms. The van der Waals surface area contributed by atoms with Crippen LogP contribution >= 0.6 is 11.3 Å². The molecule has 2 aromatic rings. The summed E-state index contributed by atoms with van der Waals surface area (Å²) in [6, 6.07) is 1.93. The molecule has 0 radical (unpaired) electrons. The normalized spacial score (nSPS) is 12.7. The number of rotatable bonds is 3. The van der Waals surface area contributed by atoms with Crippen LogP contribution in [0, 0.1) is 11.3 Å². The number of anilines is 1. The van der Waals surface area contributed by atoms with E-state index in [0.717, 1.165) is 11.4 Å². The molecule has 1 atom stereocenters. The van der Waals surface area contributed by atoms with Crippen LogP contribution in [0.5, 0.6) is 0 Å². The number of hydrogen-bond acceptors (Lipinski definition) is 5. The number of imidazole rings is 1. The molecule has 0 aliphatic carbocycles. The third kappa shape index (κ3) is 2.71. The molecule has 0 bridgehead atoms. The Balaban J connectivity index is 2.12. The fraction of sp³-hybridized carbons (Fsp3) is 0.182. The van der Waals surface area contributed by atoms with Gasteiger partial charge in [-0.15, -0.1) is 11.3 Å². The number of nitrogen functional groups attached to an aromatic ring is 1. The maximum Gasteiger partial charge on any atom is 0.180 e. The monoisotopic (exact) mass is 245 g/mol. The molecular formula is C11H11N5S. The first-order chi connectivity index (χ1) is 8.19. The van der Waals surface area contributed by atoms with Gasteiger partial charge in [0.1, 0.15) is 6.04 Å². The van der Waals surface area contributed by atoms with Crippen molar-refractivity contribution < 1.29 is 0 Å². The molecule has 0 saturated carbocycles. The lowest BCUT2D eigenvalue weighted by Crippen LogP contribution is -1.97. The van der Waals surface area contributed by atoms with E-state index in [1.165, 1.54) is 11.3 Å². The van der Waals surface area contributed by atoms with E-state index >= 15 is 0 Å². The lowest BCUT2D eigenvalue weighted by molar-refractivity contribution is 0.672. The number of nitrogens with two attached hydrogens (primary N) is 1. The highest BCUT2D eigenvalue weighted by atomic mass is 32.1. The summed E-state index contributed by atoms with van der Waals surface area (Å²) >= 11 is 1.40. The first kappa shape index (κ1) is 11.4. The van der Waals surface area contributed by atoms with Crippen LogP contribution in [0.2, 0.25) is 0 Å². The summed E-state index contributed by atoms with van der Waals surface area (Å²) in [4.78, 5) is 8.28. The lowest BCUT2D eigenvalue weighted by Gasteiger charge is -2.00. The van der Waals surface area contributed by atoms with E-state index in [-0.39, 0.29) is 6.04 Å². The molecule has 0 aliphatic heterocycles. The van der Waals surface area contributed by atoms with Gasteiger partial charge in [0, 0.05) is 11.6 Å². The molecule has 86 valence electrons. The first-order valence-electron chi connectivity index (χ1n) is 5.01. The molecule has 0 aromatic carbocycles.